The molecule has 0 saturated carbocycles. The molecule has 0 heterocycles. The zero-order chi connectivity index (χ0) is 11.3. The molecule has 15 heavy (non-hydrogen) atoms. The van der Waals surface area contributed by atoms with Crippen LogP contribution >= 0.6 is 0 Å². The molecule has 0 saturated heterocycles. The normalized spacial score (nSPS) is 11.5. The zero-order valence-corrected chi connectivity index (χ0v) is 8.42. The van der Waals surface area contributed by atoms with Crippen LogP contribution in [0.2, 0.25) is 0 Å². The molecule has 78 valence electrons. The van der Waals surface area contributed by atoms with Crippen LogP contribution < -0.4 is 0 Å². The van der Waals surface area contributed by atoms with Gasteiger partial charge in [0.15, 0.2) is 6.10 Å². The fourth-order valence-electron chi connectivity index (χ4n) is 1.17. The van der Waals surface area contributed by atoms with E-state index in [1.807, 2.05) is 6.07 Å². The molecule has 1 unspecified atom stereocenters. The van der Waals surface area contributed by atoms with E-state index in [2.05, 4.69) is 0 Å². The third-order valence-corrected chi connectivity index (χ3v) is 2.03. The van der Waals surface area contributed by atoms with Crippen molar-refractivity contribution in [1.82, 2.24) is 4.90 Å². The summed E-state index contributed by atoms with van der Waals surface area (Å²) in [4.78, 5) is 12.8. The SMILES string of the molecule is CN(CC#N)C(=O)C(O)c1ccccc1. The molecule has 4 heteroatoms. The van der Waals surface area contributed by atoms with E-state index in [0.717, 1.165) is 0 Å². The maximum atomic E-state index is 11.6. The van der Waals surface area contributed by atoms with Gasteiger partial charge in [-0.05, 0) is 5.56 Å². The Hall–Kier alpha value is -1.86. The Labute approximate surface area is 88.4 Å². The van der Waals surface area contributed by atoms with E-state index in [1.54, 1.807) is 30.3 Å². The fraction of sp³-hybridized carbons (Fsp3) is 0.273. The monoisotopic (exact) mass is 204 g/mol. The topological polar surface area (TPSA) is 64.3 Å². The van der Waals surface area contributed by atoms with Crippen molar-refractivity contribution >= 4 is 5.91 Å². The van der Waals surface area contributed by atoms with Gasteiger partial charge in [-0.3, -0.25) is 4.79 Å². The van der Waals surface area contributed by atoms with Crippen LogP contribution in [0.25, 0.3) is 0 Å². The summed E-state index contributed by atoms with van der Waals surface area (Å²) >= 11 is 0. The summed E-state index contributed by atoms with van der Waals surface area (Å²) < 4.78 is 0. The van der Waals surface area contributed by atoms with Gasteiger partial charge in [0, 0.05) is 7.05 Å². The molecule has 1 atom stereocenters. The van der Waals surface area contributed by atoms with Gasteiger partial charge < -0.3 is 10.0 Å². The summed E-state index contributed by atoms with van der Waals surface area (Å²) in [5, 5.41) is 18.1. The van der Waals surface area contributed by atoms with Crippen molar-refractivity contribution in [1.29, 1.82) is 5.26 Å². The Bertz CT molecular complexity index is 370. The molecule has 1 amide bonds. The van der Waals surface area contributed by atoms with E-state index in [-0.39, 0.29) is 6.54 Å². The average molecular weight is 204 g/mol. The lowest BCUT2D eigenvalue weighted by Gasteiger charge is -2.17. The number of aliphatic hydroxyl groups excluding tert-OH is 1. The van der Waals surface area contributed by atoms with E-state index in [4.69, 9.17) is 5.26 Å². The van der Waals surface area contributed by atoms with Crippen LogP contribution in [0.4, 0.5) is 0 Å². The van der Waals surface area contributed by atoms with E-state index < -0.39 is 12.0 Å². The van der Waals surface area contributed by atoms with Gasteiger partial charge >= 0.3 is 0 Å². The highest BCUT2D eigenvalue weighted by Gasteiger charge is 2.20. The highest BCUT2D eigenvalue weighted by atomic mass is 16.3. The molecule has 1 rings (SSSR count). The predicted octanol–water partition coefficient (Wildman–Crippen LogP) is 0.702. The number of nitriles is 1. The molecule has 4 nitrogen and oxygen atoms in total. The Morgan fingerprint density at radius 2 is 2.13 bits per heavy atom. The fourth-order valence-corrected chi connectivity index (χ4v) is 1.17. The third-order valence-electron chi connectivity index (χ3n) is 2.03. The van der Waals surface area contributed by atoms with Crippen molar-refractivity contribution in [2.24, 2.45) is 0 Å². The average Bonchev–Trinajstić information content (AvgIpc) is 2.28. The molecular formula is C11H12N2O2. The van der Waals surface area contributed by atoms with Crippen LogP contribution in [-0.2, 0) is 4.79 Å². The van der Waals surface area contributed by atoms with Crippen LogP contribution in [0.5, 0.6) is 0 Å². The Balaban J connectivity index is 2.74. The molecule has 0 aliphatic heterocycles. The van der Waals surface area contributed by atoms with Crippen LogP contribution in [0.3, 0.4) is 0 Å². The number of carbonyl (C=O) groups excluding carboxylic acids is 1. The zero-order valence-electron chi connectivity index (χ0n) is 8.42. The van der Waals surface area contributed by atoms with Gasteiger partial charge in [0.25, 0.3) is 5.91 Å². The summed E-state index contributed by atoms with van der Waals surface area (Å²) in [6.07, 6.45) is -1.19. The van der Waals surface area contributed by atoms with Crippen molar-refractivity contribution in [3.8, 4) is 6.07 Å². The molecule has 0 aromatic heterocycles. The van der Waals surface area contributed by atoms with Crippen LogP contribution in [-0.4, -0.2) is 29.5 Å². The molecule has 0 aliphatic carbocycles. The number of hydrogen-bond acceptors (Lipinski definition) is 3. The quantitative estimate of drug-likeness (QED) is 0.737. The molecule has 1 N–H and O–H groups in total. The largest absolute Gasteiger partial charge is 0.378 e. The van der Waals surface area contributed by atoms with Crippen LogP contribution in [0.15, 0.2) is 30.3 Å². The van der Waals surface area contributed by atoms with Crippen molar-refractivity contribution in [2.75, 3.05) is 13.6 Å². The summed E-state index contributed by atoms with van der Waals surface area (Å²) in [5.74, 6) is -0.470. The lowest BCUT2D eigenvalue weighted by molar-refractivity contribution is -0.138. The minimum atomic E-state index is -1.19. The van der Waals surface area contributed by atoms with Crippen molar-refractivity contribution in [2.45, 2.75) is 6.10 Å². The Kier molecular flexibility index (Phi) is 3.83. The first-order valence-corrected chi connectivity index (χ1v) is 4.51. The molecule has 0 aliphatic rings. The molecule has 0 radical (unpaired) electrons. The van der Waals surface area contributed by atoms with Crippen molar-refractivity contribution in [3.05, 3.63) is 35.9 Å². The molecular weight excluding hydrogens is 192 g/mol. The standard InChI is InChI=1S/C11H12N2O2/c1-13(8-7-12)11(15)10(14)9-5-3-2-4-6-9/h2-6,10,14H,8H2,1H3. The summed E-state index contributed by atoms with van der Waals surface area (Å²) in [6, 6.07) is 10.5. The molecule has 0 bridgehead atoms. The molecule has 0 fully saturated rings. The smallest absolute Gasteiger partial charge is 0.256 e. The van der Waals surface area contributed by atoms with E-state index in [1.165, 1.54) is 11.9 Å². The number of likely N-dealkylation sites (N-methyl/N-ethyl adjacent to an activating group) is 1. The minimum Gasteiger partial charge on any atom is -0.378 e. The number of nitrogens with zero attached hydrogens (tertiary/aromatic N) is 2. The minimum absolute atomic E-state index is 0.0251. The van der Waals surface area contributed by atoms with Gasteiger partial charge in [-0.15, -0.1) is 0 Å². The number of amides is 1. The van der Waals surface area contributed by atoms with Gasteiger partial charge in [-0.25, -0.2) is 0 Å². The summed E-state index contributed by atoms with van der Waals surface area (Å²) in [5.41, 5.74) is 0.535. The lowest BCUT2D eigenvalue weighted by Crippen LogP contribution is -2.31. The highest BCUT2D eigenvalue weighted by molar-refractivity contribution is 5.81. The van der Waals surface area contributed by atoms with Crippen LogP contribution in [0.1, 0.15) is 11.7 Å². The van der Waals surface area contributed by atoms with Gasteiger partial charge in [0.1, 0.15) is 6.54 Å². The number of carbonyl (C=O) groups is 1. The number of aliphatic hydroxyl groups is 1. The first-order chi connectivity index (χ1) is 7.16. The first kappa shape index (κ1) is 11.2. The second-order valence-corrected chi connectivity index (χ2v) is 3.17. The summed E-state index contributed by atoms with van der Waals surface area (Å²) in [6.45, 7) is -0.0251. The molecule has 1 aromatic rings. The first-order valence-electron chi connectivity index (χ1n) is 4.51. The van der Waals surface area contributed by atoms with E-state index in [0.29, 0.717) is 5.56 Å². The Morgan fingerprint density at radius 1 is 1.53 bits per heavy atom. The van der Waals surface area contributed by atoms with Gasteiger partial charge in [-0.2, -0.15) is 5.26 Å². The van der Waals surface area contributed by atoms with Crippen molar-refractivity contribution in [3.63, 3.8) is 0 Å². The number of benzene rings is 1. The second kappa shape index (κ2) is 5.13. The van der Waals surface area contributed by atoms with Gasteiger partial charge in [0.2, 0.25) is 0 Å². The highest BCUT2D eigenvalue weighted by Crippen LogP contribution is 2.14. The molecule has 0 spiro atoms. The van der Waals surface area contributed by atoms with Crippen LogP contribution in [0, 0.1) is 11.3 Å². The number of rotatable bonds is 3. The third kappa shape index (κ3) is 2.79. The number of hydrogen-bond donors (Lipinski definition) is 1. The maximum absolute atomic E-state index is 11.6. The summed E-state index contributed by atoms with van der Waals surface area (Å²) in [7, 11) is 1.48. The van der Waals surface area contributed by atoms with Crippen molar-refractivity contribution < 1.29 is 9.90 Å². The Morgan fingerprint density at radius 3 is 2.67 bits per heavy atom. The predicted molar refractivity (Wildman–Crippen MR) is 54.7 cm³/mol. The van der Waals surface area contributed by atoms with Gasteiger partial charge in [-0.1, -0.05) is 30.3 Å². The lowest BCUT2D eigenvalue weighted by atomic mass is 10.1. The second-order valence-electron chi connectivity index (χ2n) is 3.17. The van der Waals surface area contributed by atoms with Gasteiger partial charge in [0.05, 0.1) is 6.07 Å². The molecule has 1 aromatic carbocycles. The maximum Gasteiger partial charge on any atom is 0.256 e. The van der Waals surface area contributed by atoms with E-state index in [9.17, 15) is 9.90 Å². The van der Waals surface area contributed by atoms with E-state index >= 15 is 0 Å².